The maximum Gasteiger partial charge on any atom is 0.0992 e. The van der Waals surface area contributed by atoms with E-state index >= 15 is 0 Å². The molecule has 0 spiro atoms. The van der Waals surface area contributed by atoms with Gasteiger partial charge in [-0.1, -0.05) is 29.8 Å². The number of hydrogen-bond donors (Lipinski definition) is 1. The van der Waals surface area contributed by atoms with Crippen LogP contribution in [-0.2, 0) is 0 Å². The molecule has 1 atom stereocenters. The van der Waals surface area contributed by atoms with Gasteiger partial charge < -0.3 is 9.51 Å². The van der Waals surface area contributed by atoms with E-state index in [4.69, 9.17) is 0 Å². The summed E-state index contributed by atoms with van der Waals surface area (Å²) >= 11 is 0. The SMILES string of the molecule is Cc1cccc(C2CCC([C@H](O)c3c(C4CC4)ccn4cncc34)CC2)c1. The lowest BCUT2D eigenvalue weighted by Crippen LogP contribution is -2.21. The van der Waals surface area contributed by atoms with Gasteiger partial charge in [0.1, 0.15) is 0 Å². The van der Waals surface area contributed by atoms with Gasteiger partial charge in [-0.25, -0.2) is 4.98 Å². The van der Waals surface area contributed by atoms with Gasteiger partial charge in [-0.2, -0.15) is 0 Å². The number of aryl methyl sites for hydroxylation is 1. The Labute approximate surface area is 161 Å². The Hall–Kier alpha value is -2.13. The van der Waals surface area contributed by atoms with Gasteiger partial charge in [-0.05, 0) is 80.4 Å². The molecular formula is C24H28N2O. The van der Waals surface area contributed by atoms with Gasteiger partial charge in [0.05, 0.1) is 24.1 Å². The van der Waals surface area contributed by atoms with Crippen molar-refractivity contribution in [3.05, 3.63) is 71.3 Å². The number of benzene rings is 1. The molecule has 0 bridgehead atoms. The van der Waals surface area contributed by atoms with Crippen LogP contribution in [-0.4, -0.2) is 14.5 Å². The van der Waals surface area contributed by atoms with Gasteiger partial charge in [0.25, 0.3) is 0 Å². The molecule has 0 aliphatic heterocycles. The molecule has 0 radical (unpaired) electrons. The molecule has 5 rings (SSSR count). The minimum absolute atomic E-state index is 0.352. The highest BCUT2D eigenvalue weighted by Crippen LogP contribution is 2.47. The maximum absolute atomic E-state index is 11.4. The van der Waals surface area contributed by atoms with Crippen molar-refractivity contribution in [3.8, 4) is 0 Å². The Morgan fingerprint density at radius 2 is 1.81 bits per heavy atom. The zero-order valence-corrected chi connectivity index (χ0v) is 16.0. The normalized spacial score (nSPS) is 24.2. The first-order valence-corrected chi connectivity index (χ1v) is 10.4. The third kappa shape index (κ3) is 3.19. The highest BCUT2D eigenvalue weighted by Gasteiger charge is 2.34. The van der Waals surface area contributed by atoms with E-state index in [2.05, 4.69) is 52.8 Å². The Bertz CT molecular complexity index is 948. The summed E-state index contributed by atoms with van der Waals surface area (Å²) < 4.78 is 2.06. The molecule has 2 aliphatic carbocycles. The van der Waals surface area contributed by atoms with Crippen LogP contribution in [0.1, 0.15) is 78.7 Å². The molecule has 0 amide bonds. The summed E-state index contributed by atoms with van der Waals surface area (Å²) in [5.74, 6) is 1.63. The van der Waals surface area contributed by atoms with Gasteiger partial charge in [0.2, 0.25) is 0 Å². The Kier molecular flexibility index (Phi) is 4.28. The summed E-state index contributed by atoms with van der Waals surface area (Å²) in [6.07, 6.45) is 12.5. The Balaban J connectivity index is 1.38. The molecule has 1 aromatic carbocycles. The fraction of sp³-hybridized carbons (Fsp3) is 0.458. The largest absolute Gasteiger partial charge is 0.388 e. The van der Waals surface area contributed by atoms with E-state index in [1.807, 2.05) is 12.5 Å². The van der Waals surface area contributed by atoms with E-state index in [-0.39, 0.29) is 6.10 Å². The summed E-state index contributed by atoms with van der Waals surface area (Å²) in [5.41, 5.74) is 6.41. The second-order valence-electron chi connectivity index (χ2n) is 8.62. The van der Waals surface area contributed by atoms with Crippen molar-refractivity contribution < 1.29 is 5.11 Å². The zero-order chi connectivity index (χ0) is 18.4. The second-order valence-corrected chi connectivity index (χ2v) is 8.62. The van der Waals surface area contributed by atoms with Gasteiger partial charge in [-0.3, -0.25) is 0 Å². The molecule has 3 heteroatoms. The lowest BCUT2D eigenvalue weighted by atomic mass is 9.74. The molecular weight excluding hydrogens is 332 g/mol. The van der Waals surface area contributed by atoms with Gasteiger partial charge in [0, 0.05) is 11.8 Å². The third-order valence-electron chi connectivity index (χ3n) is 6.71. The minimum atomic E-state index is -0.376. The van der Waals surface area contributed by atoms with Crippen LogP contribution in [0.5, 0.6) is 0 Å². The highest BCUT2D eigenvalue weighted by atomic mass is 16.3. The number of fused-ring (bicyclic) bond motifs is 1. The van der Waals surface area contributed by atoms with E-state index in [0.717, 1.165) is 23.9 Å². The molecule has 2 saturated carbocycles. The number of aliphatic hydroxyl groups is 1. The van der Waals surface area contributed by atoms with E-state index < -0.39 is 0 Å². The third-order valence-corrected chi connectivity index (χ3v) is 6.71. The van der Waals surface area contributed by atoms with Crippen molar-refractivity contribution in [2.75, 3.05) is 0 Å². The van der Waals surface area contributed by atoms with Gasteiger partial charge in [-0.15, -0.1) is 0 Å². The Morgan fingerprint density at radius 1 is 1.04 bits per heavy atom. The number of aromatic nitrogens is 2. The van der Waals surface area contributed by atoms with Crippen LogP contribution in [0, 0.1) is 12.8 Å². The lowest BCUT2D eigenvalue weighted by Gasteiger charge is -2.33. The molecule has 140 valence electrons. The molecule has 2 fully saturated rings. The van der Waals surface area contributed by atoms with Crippen molar-refractivity contribution in [2.24, 2.45) is 5.92 Å². The van der Waals surface area contributed by atoms with Gasteiger partial charge in [0.15, 0.2) is 0 Å². The number of hydrogen-bond acceptors (Lipinski definition) is 2. The van der Waals surface area contributed by atoms with Crippen molar-refractivity contribution in [1.82, 2.24) is 9.38 Å². The quantitative estimate of drug-likeness (QED) is 0.664. The number of nitrogens with zero attached hydrogens (tertiary/aromatic N) is 2. The van der Waals surface area contributed by atoms with Crippen LogP contribution in [0.3, 0.4) is 0 Å². The molecule has 1 N–H and O–H groups in total. The second kappa shape index (κ2) is 6.79. The summed E-state index contributed by atoms with van der Waals surface area (Å²) in [6, 6.07) is 11.2. The van der Waals surface area contributed by atoms with Crippen LogP contribution in [0.2, 0.25) is 0 Å². The average molecular weight is 361 g/mol. The summed E-state index contributed by atoms with van der Waals surface area (Å²) in [7, 11) is 0. The first kappa shape index (κ1) is 17.0. The highest BCUT2D eigenvalue weighted by molar-refractivity contribution is 5.59. The summed E-state index contributed by atoms with van der Waals surface area (Å²) in [5, 5.41) is 11.4. The van der Waals surface area contributed by atoms with Crippen LogP contribution >= 0.6 is 0 Å². The van der Waals surface area contributed by atoms with E-state index in [1.165, 1.54) is 42.4 Å². The van der Waals surface area contributed by atoms with E-state index in [1.54, 1.807) is 0 Å². The predicted octanol–water partition coefficient (Wildman–Crippen LogP) is 5.53. The first-order chi connectivity index (χ1) is 13.2. The number of imidazole rings is 1. The molecule has 0 unspecified atom stereocenters. The zero-order valence-electron chi connectivity index (χ0n) is 16.0. The molecule has 2 aromatic heterocycles. The maximum atomic E-state index is 11.4. The van der Waals surface area contributed by atoms with Crippen LogP contribution in [0.15, 0.2) is 49.1 Å². The number of pyridine rings is 1. The predicted molar refractivity (Wildman–Crippen MR) is 108 cm³/mol. The summed E-state index contributed by atoms with van der Waals surface area (Å²) in [4.78, 5) is 4.32. The number of rotatable bonds is 4. The van der Waals surface area contributed by atoms with Gasteiger partial charge >= 0.3 is 0 Å². The standard InChI is InChI=1S/C24H28N2O/c1-16-3-2-4-20(13-16)17-5-9-19(10-6-17)24(27)23-21(18-7-8-18)11-12-26-15-25-14-22(23)26/h2-4,11-15,17-19,24,27H,5-10H2,1H3/t17?,19?,24-/m0/s1. The number of aliphatic hydroxyl groups excluding tert-OH is 1. The molecule has 0 saturated heterocycles. The van der Waals surface area contributed by atoms with Crippen molar-refractivity contribution in [3.63, 3.8) is 0 Å². The molecule has 3 nitrogen and oxygen atoms in total. The minimum Gasteiger partial charge on any atom is -0.388 e. The Morgan fingerprint density at radius 3 is 2.56 bits per heavy atom. The van der Waals surface area contributed by atoms with Crippen LogP contribution < -0.4 is 0 Å². The van der Waals surface area contributed by atoms with Crippen LogP contribution in [0.25, 0.3) is 5.52 Å². The fourth-order valence-electron chi connectivity index (χ4n) is 5.03. The average Bonchev–Trinajstić information content (AvgIpc) is 3.43. The monoisotopic (exact) mass is 360 g/mol. The molecule has 2 aliphatic rings. The lowest BCUT2D eigenvalue weighted by molar-refractivity contribution is 0.0810. The fourth-order valence-corrected chi connectivity index (χ4v) is 5.03. The van der Waals surface area contributed by atoms with Crippen LogP contribution in [0.4, 0.5) is 0 Å². The van der Waals surface area contributed by atoms with Crippen molar-refractivity contribution in [1.29, 1.82) is 0 Å². The van der Waals surface area contributed by atoms with Crippen molar-refractivity contribution >= 4 is 5.52 Å². The van der Waals surface area contributed by atoms with Crippen molar-refractivity contribution in [2.45, 2.75) is 63.4 Å². The van der Waals surface area contributed by atoms with E-state index in [0.29, 0.717) is 17.8 Å². The molecule has 27 heavy (non-hydrogen) atoms. The smallest absolute Gasteiger partial charge is 0.0992 e. The topological polar surface area (TPSA) is 37.5 Å². The first-order valence-electron chi connectivity index (χ1n) is 10.4. The molecule has 3 aromatic rings. The molecule has 2 heterocycles. The summed E-state index contributed by atoms with van der Waals surface area (Å²) in [6.45, 7) is 2.17. The van der Waals surface area contributed by atoms with E-state index in [9.17, 15) is 5.11 Å².